The van der Waals surface area contributed by atoms with Crippen molar-refractivity contribution in [1.82, 2.24) is 5.32 Å². The van der Waals surface area contributed by atoms with Gasteiger partial charge in [-0.2, -0.15) is 0 Å². The van der Waals surface area contributed by atoms with Crippen molar-refractivity contribution in [2.75, 3.05) is 12.3 Å². The Morgan fingerprint density at radius 1 is 1.17 bits per heavy atom. The van der Waals surface area contributed by atoms with Gasteiger partial charge in [0.2, 0.25) is 0 Å². The second-order valence-corrected chi connectivity index (χ2v) is 4.90. The third-order valence-electron chi connectivity index (χ3n) is 3.01. The monoisotopic (exact) mass is 330 g/mol. The Hall–Kier alpha value is -3.07. The molecular formula is C18H16F2N2O2. The first-order chi connectivity index (χ1) is 11.6. The molecule has 0 fully saturated rings. The average Bonchev–Trinajstić information content (AvgIpc) is 2.55. The number of nitrogens with two attached hydrogens (primary N) is 1. The maximum atomic E-state index is 13.5. The van der Waals surface area contributed by atoms with Crippen molar-refractivity contribution in [1.29, 1.82) is 0 Å². The van der Waals surface area contributed by atoms with Crippen molar-refractivity contribution in [3.8, 4) is 11.8 Å². The summed E-state index contributed by atoms with van der Waals surface area (Å²) < 4.78 is 32.0. The molecule has 0 atom stereocenters. The van der Waals surface area contributed by atoms with Gasteiger partial charge in [0.1, 0.15) is 18.2 Å². The molecule has 2 aromatic carbocycles. The molecule has 3 N–H and O–H groups in total. The smallest absolute Gasteiger partial charge is 0.407 e. The summed E-state index contributed by atoms with van der Waals surface area (Å²) in [5.41, 5.74) is 5.86. The first-order valence-corrected chi connectivity index (χ1v) is 7.24. The minimum atomic E-state index is -0.810. The van der Waals surface area contributed by atoms with Gasteiger partial charge in [0.25, 0.3) is 0 Å². The Morgan fingerprint density at radius 2 is 1.83 bits per heavy atom. The molecule has 6 heteroatoms. The van der Waals surface area contributed by atoms with Crippen molar-refractivity contribution in [3.05, 3.63) is 65.2 Å². The number of nitrogens with one attached hydrogen (secondary N) is 1. The summed E-state index contributed by atoms with van der Waals surface area (Å²) in [6.45, 7) is 0.374. The zero-order chi connectivity index (χ0) is 17.4. The van der Waals surface area contributed by atoms with Crippen molar-refractivity contribution < 1.29 is 18.3 Å². The van der Waals surface area contributed by atoms with Gasteiger partial charge in [-0.15, -0.1) is 0 Å². The molecule has 4 nitrogen and oxygen atoms in total. The van der Waals surface area contributed by atoms with E-state index in [0.717, 1.165) is 17.7 Å². The molecule has 24 heavy (non-hydrogen) atoms. The summed E-state index contributed by atoms with van der Waals surface area (Å²) in [4.78, 5) is 11.5. The predicted octanol–water partition coefficient (Wildman–Crippen LogP) is 3.22. The van der Waals surface area contributed by atoms with Crippen LogP contribution < -0.4 is 11.1 Å². The molecule has 2 aromatic rings. The van der Waals surface area contributed by atoms with E-state index in [1.54, 1.807) is 0 Å². The minimum Gasteiger partial charge on any atom is -0.445 e. The molecule has 124 valence electrons. The first-order valence-electron chi connectivity index (χ1n) is 7.24. The lowest BCUT2D eigenvalue weighted by atomic mass is 10.2. The van der Waals surface area contributed by atoms with Crippen LogP contribution in [0.5, 0.6) is 0 Å². The van der Waals surface area contributed by atoms with Crippen LogP contribution in [0.4, 0.5) is 19.3 Å². The Labute approximate surface area is 138 Å². The molecule has 0 saturated carbocycles. The van der Waals surface area contributed by atoms with Gasteiger partial charge in [0.05, 0.1) is 5.56 Å². The number of carbonyl (C=O) groups is 1. The molecule has 2 rings (SSSR count). The fraction of sp³-hybridized carbons (Fsp3) is 0.167. The highest BCUT2D eigenvalue weighted by atomic mass is 19.1. The second kappa shape index (κ2) is 8.53. The molecule has 0 heterocycles. The van der Waals surface area contributed by atoms with Gasteiger partial charge in [0.15, 0.2) is 0 Å². The number of alkyl carbamates (subject to hydrolysis) is 1. The molecule has 0 aliphatic heterocycles. The van der Waals surface area contributed by atoms with Crippen LogP contribution in [0.15, 0.2) is 42.5 Å². The predicted molar refractivity (Wildman–Crippen MR) is 86.9 cm³/mol. The van der Waals surface area contributed by atoms with Crippen LogP contribution in [0.2, 0.25) is 0 Å². The largest absolute Gasteiger partial charge is 0.445 e. The lowest BCUT2D eigenvalue weighted by Gasteiger charge is -2.05. The summed E-state index contributed by atoms with van der Waals surface area (Å²) in [6.07, 6.45) is -0.352. The van der Waals surface area contributed by atoms with Crippen LogP contribution in [-0.4, -0.2) is 12.6 Å². The van der Waals surface area contributed by atoms with Gasteiger partial charge in [-0.3, -0.25) is 0 Å². The summed E-state index contributed by atoms with van der Waals surface area (Å²) in [6, 6.07) is 11.3. The molecule has 0 aromatic heterocycles. The number of carbonyl (C=O) groups excluding carboxylic acids is 1. The molecule has 0 unspecified atom stereocenters. The Morgan fingerprint density at radius 3 is 2.50 bits per heavy atom. The van der Waals surface area contributed by atoms with Crippen molar-refractivity contribution >= 4 is 11.8 Å². The van der Waals surface area contributed by atoms with E-state index in [9.17, 15) is 13.6 Å². The summed E-state index contributed by atoms with van der Waals surface area (Å²) in [5, 5.41) is 2.51. The molecule has 0 spiro atoms. The quantitative estimate of drug-likeness (QED) is 0.514. The van der Waals surface area contributed by atoms with Crippen molar-refractivity contribution in [2.45, 2.75) is 13.0 Å². The third kappa shape index (κ3) is 5.29. The second-order valence-electron chi connectivity index (χ2n) is 4.90. The first kappa shape index (κ1) is 17.3. The van der Waals surface area contributed by atoms with Gasteiger partial charge >= 0.3 is 6.09 Å². The van der Waals surface area contributed by atoms with Crippen LogP contribution in [-0.2, 0) is 11.3 Å². The van der Waals surface area contributed by atoms with Crippen LogP contribution in [0, 0.1) is 23.5 Å². The highest BCUT2D eigenvalue weighted by Crippen LogP contribution is 2.15. The van der Waals surface area contributed by atoms with E-state index in [1.807, 2.05) is 30.3 Å². The van der Waals surface area contributed by atoms with E-state index < -0.39 is 17.7 Å². The zero-order valence-corrected chi connectivity index (χ0v) is 12.8. The molecule has 0 aliphatic rings. The SMILES string of the molecule is Nc1cc(F)c(C#CCCNC(=O)OCc2ccccc2)c(F)c1. The van der Waals surface area contributed by atoms with E-state index in [-0.39, 0.29) is 30.8 Å². The zero-order valence-electron chi connectivity index (χ0n) is 12.8. The number of halogens is 2. The lowest BCUT2D eigenvalue weighted by Crippen LogP contribution is -2.24. The molecule has 0 bridgehead atoms. The van der Waals surface area contributed by atoms with Crippen LogP contribution in [0.3, 0.4) is 0 Å². The van der Waals surface area contributed by atoms with E-state index in [0.29, 0.717) is 0 Å². The summed E-state index contributed by atoms with van der Waals surface area (Å²) in [7, 11) is 0. The Kier molecular flexibility index (Phi) is 6.15. The molecule has 0 aliphatic carbocycles. The number of hydrogen-bond donors (Lipinski definition) is 2. The molecule has 0 saturated heterocycles. The Balaban J connectivity index is 1.74. The van der Waals surface area contributed by atoms with Crippen molar-refractivity contribution in [2.24, 2.45) is 0 Å². The van der Waals surface area contributed by atoms with Gasteiger partial charge in [-0.05, 0) is 17.7 Å². The number of benzene rings is 2. The van der Waals surface area contributed by atoms with Gasteiger partial charge in [0, 0.05) is 18.7 Å². The number of anilines is 1. The number of nitrogen functional groups attached to an aromatic ring is 1. The standard InChI is InChI=1S/C18H16F2N2O2/c19-16-10-14(21)11-17(20)15(16)8-4-5-9-22-18(23)24-12-13-6-2-1-3-7-13/h1-3,6-7,10-11H,5,9,12,21H2,(H,22,23). The summed E-state index contributed by atoms with van der Waals surface area (Å²) in [5.74, 6) is 3.36. The van der Waals surface area contributed by atoms with Gasteiger partial charge in [-0.1, -0.05) is 42.2 Å². The molecular weight excluding hydrogens is 314 g/mol. The van der Waals surface area contributed by atoms with Gasteiger partial charge < -0.3 is 15.8 Å². The number of rotatable bonds is 4. The fourth-order valence-corrected chi connectivity index (χ4v) is 1.86. The topological polar surface area (TPSA) is 64.3 Å². The maximum absolute atomic E-state index is 13.5. The third-order valence-corrected chi connectivity index (χ3v) is 3.01. The number of amides is 1. The van der Waals surface area contributed by atoms with E-state index in [2.05, 4.69) is 17.2 Å². The Bertz CT molecular complexity index is 745. The van der Waals surface area contributed by atoms with Crippen LogP contribution in [0.25, 0.3) is 0 Å². The minimum absolute atomic E-state index is 0.00150. The van der Waals surface area contributed by atoms with E-state index in [4.69, 9.17) is 10.5 Å². The van der Waals surface area contributed by atoms with E-state index >= 15 is 0 Å². The molecule has 0 radical (unpaired) electrons. The van der Waals surface area contributed by atoms with Crippen LogP contribution in [0.1, 0.15) is 17.5 Å². The van der Waals surface area contributed by atoms with Crippen molar-refractivity contribution in [3.63, 3.8) is 0 Å². The normalized spacial score (nSPS) is 9.75. The fourth-order valence-electron chi connectivity index (χ4n) is 1.86. The maximum Gasteiger partial charge on any atom is 0.407 e. The van der Waals surface area contributed by atoms with E-state index in [1.165, 1.54) is 0 Å². The summed E-state index contributed by atoms with van der Waals surface area (Å²) >= 11 is 0. The van der Waals surface area contributed by atoms with Crippen LogP contribution >= 0.6 is 0 Å². The number of ether oxygens (including phenoxy) is 1. The highest BCUT2D eigenvalue weighted by molar-refractivity contribution is 5.67. The average molecular weight is 330 g/mol. The number of hydrogen-bond acceptors (Lipinski definition) is 3. The van der Waals surface area contributed by atoms with Gasteiger partial charge in [-0.25, -0.2) is 13.6 Å². The lowest BCUT2D eigenvalue weighted by molar-refractivity contribution is 0.140. The highest BCUT2D eigenvalue weighted by Gasteiger charge is 2.07. The molecule has 1 amide bonds.